The van der Waals surface area contributed by atoms with Gasteiger partial charge in [-0.25, -0.2) is 0 Å². The van der Waals surface area contributed by atoms with Gasteiger partial charge in [-0.15, -0.1) is 0 Å². The molecule has 0 aliphatic carbocycles. The number of hydrogen-bond donors (Lipinski definition) is 1. The third kappa shape index (κ3) is 4.15. The Hall–Kier alpha value is -1.72. The van der Waals surface area contributed by atoms with Crippen LogP contribution in [0.25, 0.3) is 6.08 Å². The first-order chi connectivity index (χ1) is 10.5. The quantitative estimate of drug-likeness (QED) is 0.582. The molecular formula is C17H13Br2NO2. The van der Waals surface area contributed by atoms with Crippen LogP contribution in [-0.2, 0) is 0 Å². The van der Waals surface area contributed by atoms with Crippen molar-refractivity contribution in [3.8, 4) is 0 Å². The van der Waals surface area contributed by atoms with Crippen molar-refractivity contribution in [2.75, 3.05) is 12.4 Å². The molecular weight excluding hydrogens is 410 g/mol. The van der Waals surface area contributed by atoms with Gasteiger partial charge in [0.05, 0.1) is 11.3 Å². The average Bonchev–Trinajstić information content (AvgIpc) is 2.64. The topological polar surface area (TPSA) is 46.2 Å². The van der Waals surface area contributed by atoms with Crippen LogP contribution in [0.1, 0.15) is 15.9 Å². The van der Waals surface area contributed by atoms with Gasteiger partial charge in [-0.2, -0.15) is 0 Å². The van der Waals surface area contributed by atoms with Crippen molar-refractivity contribution in [3.05, 3.63) is 78.8 Å². The van der Waals surface area contributed by atoms with Gasteiger partial charge in [0.15, 0.2) is 5.78 Å². The highest BCUT2D eigenvalue weighted by molar-refractivity contribution is 9.10. The Morgan fingerprint density at radius 3 is 2.50 bits per heavy atom. The number of ketones is 1. The molecule has 0 saturated carbocycles. The van der Waals surface area contributed by atoms with E-state index in [1.165, 1.54) is 12.1 Å². The van der Waals surface area contributed by atoms with Crippen molar-refractivity contribution < 1.29 is 4.79 Å². The molecule has 2 aromatic rings. The standard InChI is InChI=1S/C17H13Br2NO2/c1-20-15-7-6-13(19)10-14(17(15)22)16(21)8-5-11-3-2-4-12(18)9-11/h2-10H,1H3,(H,20,22)/b8-5+. The van der Waals surface area contributed by atoms with E-state index in [1.807, 2.05) is 24.3 Å². The molecule has 0 fully saturated rings. The summed E-state index contributed by atoms with van der Waals surface area (Å²) in [6.07, 6.45) is 3.09. The molecule has 0 atom stereocenters. The molecule has 0 unspecified atom stereocenters. The van der Waals surface area contributed by atoms with E-state index in [9.17, 15) is 9.59 Å². The lowest BCUT2D eigenvalue weighted by Crippen LogP contribution is -2.14. The number of nitrogens with one attached hydrogen (secondary N) is 1. The van der Waals surface area contributed by atoms with E-state index >= 15 is 0 Å². The van der Waals surface area contributed by atoms with Crippen molar-refractivity contribution in [2.24, 2.45) is 0 Å². The lowest BCUT2D eigenvalue weighted by Gasteiger charge is -1.97. The van der Waals surface area contributed by atoms with Gasteiger partial charge in [-0.05, 0) is 42.0 Å². The molecule has 1 N–H and O–H groups in total. The summed E-state index contributed by atoms with van der Waals surface area (Å²) in [5.41, 5.74) is 1.05. The van der Waals surface area contributed by atoms with Crippen LogP contribution in [0.2, 0.25) is 0 Å². The zero-order valence-corrected chi connectivity index (χ0v) is 14.9. The number of carbonyl (C=O) groups is 1. The third-order valence-electron chi connectivity index (χ3n) is 2.99. The van der Waals surface area contributed by atoms with Gasteiger partial charge < -0.3 is 5.32 Å². The van der Waals surface area contributed by atoms with Gasteiger partial charge in [-0.3, -0.25) is 9.59 Å². The molecule has 0 aliphatic rings. The predicted octanol–water partition coefficient (Wildman–Crippen LogP) is 4.51. The Bertz CT molecular complexity index is 801. The summed E-state index contributed by atoms with van der Waals surface area (Å²) in [5, 5.41) is 2.80. The van der Waals surface area contributed by atoms with E-state index in [0.29, 0.717) is 10.2 Å². The van der Waals surface area contributed by atoms with E-state index in [1.54, 1.807) is 25.3 Å². The fourth-order valence-electron chi connectivity index (χ4n) is 1.89. The average molecular weight is 423 g/mol. The van der Waals surface area contributed by atoms with Crippen molar-refractivity contribution in [2.45, 2.75) is 0 Å². The van der Waals surface area contributed by atoms with Crippen LogP contribution in [0, 0.1) is 0 Å². The number of carbonyl (C=O) groups excluding carboxylic acids is 1. The number of rotatable bonds is 4. The van der Waals surface area contributed by atoms with Crippen molar-refractivity contribution in [1.29, 1.82) is 0 Å². The maximum Gasteiger partial charge on any atom is 0.212 e. The van der Waals surface area contributed by atoms with Crippen molar-refractivity contribution in [3.63, 3.8) is 0 Å². The molecule has 22 heavy (non-hydrogen) atoms. The fraction of sp³-hybridized carbons (Fsp3) is 0.0588. The largest absolute Gasteiger partial charge is 0.385 e. The summed E-state index contributed by atoms with van der Waals surface area (Å²) in [7, 11) is 1.65. The van der Waals surface area contributed by atoms with Crippen LogP contribution in [0.4, 0.5) is 5.69 Å². The molecule has 0 bridgehead atoms. The summed E-state index contributed by atoms with van der Waals surface area (Å²) in [4.78, 5) is 24.6. The molecule has 0 spiro atoms. The number of hydrogen-bond acceptors (Lipinski definition) is 3. The summed E-state index contributed by atoms with van der Waals surface area (Å²) < 4.78 is 1.60. The van der Waals surface area contributed by atoms with Gasteiger partial charge in [0.2, 0.25) is 5.43 Å². The Balaban J connectivity index is 2.40. The molecule has 0 aromatic heterocycles. The summed E-state index contributed by atoms with van der Waals surface area (Å²) in [6, 6.07) is 12.5. The van der Waals surface area contributed by atoms with Crippen molar-refractivity contribution >= 4 is 49.4 Å². The zero-order valence-electron chi connectivity index (χ0n) is 11.8. The van der Waals surface area contributed by atoms with Crippen LogP contribution >= 0.6 is 31.9 Å². The molecule has 0 saturated heterocycles. The first kappa shape index (κ1) is 16.6. The van der Waals surface area contributed by atoms with Crippen LogP contribution in [-0.4, -0.2) is 12.8 Å². The van der Waals surface area contributed by atoms with Crippen LogP contribution in [0.15, 0.2) is 62.3 Å². The van der Waals surface area contributed by atoms with Crippen LogP contribution in [0.3, 0.4) is 0 Å². The Kier molecular flexibility index (Phi) is 5.69. The highest BCUT2D eigenvalue weighted by Gasteiger charge is 2.10. The molecule has 5 heteroatoms. The Morgan fingerprint density at radius 1 is 1.09 bits per heavy atom. The van der Waals surface area contributed by atoms with E-state index in [2.05, 4.69) is 37.2 Å². The maximum atomic E-state index is 12.3. The molecule has 0 heterocycles. The molecule has 0 radical (unpaired) electrons. The fourth-order valence-corrected chi connectivity index (χ4v) is 2.67. The molecule has 112 valence electrons. The minimum atomic E-state index is -0.335. The minimum Gasteiger partial charge on any atom is -0.385 e. The van der Waals surface area contributed by atoms with E-state index in [-0.39, 0.29) is 16.8 Å². The number of anilines is 1. The summed E-state index contributed by atoms with van der Waals surface area (Å²) >= 11 is 6.69. The van der Waals surface area contributed by atoms with Crippen LogP contribution < -0.4 is 10.7 Å². The maximum absolute atomic E-state index is 12.3. The Labute approximate surface area is 145 Å². The SMILES string of the molecule is CNc1ccc(Br)cc(C(=O)/C=C/c2cccc(Br)c2)c1=O. The molecule has 3 nitrogen and oxygen atoms in total. The normalized spacial score (nSPS) is 10.7. The lowest BCUT2D eigenvalue weighted by molar-refractivity contribution is 0.104. The van der Waals surface area contributed by atoms with E-state index < -0.39 is 0 Å². The second-order valence-electron chi connectivity index (χ2n) is 4.52. The number of benzene rings is 1. The first-order valence-corrected chi connectivity index (χ1v) is 8.09. The molecule has 0 aliphatic heterocycles. The minimum absolute atomic E-state index is 0.118. The zero-order chi connectivity index (χ0) is 16.1. The summed E-state index contributed by atoms with van der Waals surface area (Å²) in [6.45, 7) is 0. The van der Waals surface area contributed by atoms with Gasteiger partial charge in [0.1, 0.15) is 0 Å². The predicted molar refractivity (Wildman–Crippen MR) is 97.5 cm³/mol. The molecule has 0 amide bonds. The number of halogens is 2. The number of allylic oxidation sites excluding steroid dienone is 1. The monoisotopic (exact) mass is 421 g/mol. The second kappa shape index (κ2) is 7.51. The van der Waals surface area contributed by atoms with Crippen LogP contribution in [0.5, 0.6) is 0 Å². The highest BCUT2D eigenvalue weighted by atomic mass is 79.9. The third-order valence-corrected chi connectivity index (χ3v) is 3.98. The molecule has 2 rings (SSSR count). The van der Waals surface area contributed by atoms with Gasteiger partial charge in [0, 0.05) is 16.0 Å². The Morgan fingerprint density at radius 2 is 1.82 bits per heavy atom. The van der Waals surface area contributed by atoms with E-state index in [0.717, 1.165) is 10.0 Å². The van der Waals surface area contributed by atoms with Gasteiger partial charge in [0.25, 0.3) is 0 Å². The van der Waals surface area contributed by atoms with E-state index in [4.69, 9.17) is 0 Å². The van der Waals surface area contributed by atoms with Crippen molar-refractivity contribution in [1.82, 2.24) is 0 Å². The second-order valence-corrected chi connectivity index (χ2v) is 6.35. The smallest absolute Gasteiger partial charge is 0.212 e. The first-order valence-electron chi connectivity index (χ1n) is 6.51. The summed E-state index contributed by atoms with van der Waals surface area (Å²) in [5.74, 6) is -0.335. The van der Waals surface area contributed by atoms with Gasteiger partial charge >= 0.3 is 0 Å². The van der Waals surface area contributed by atoms with Gasteiger partial charge in [-0.1, -0.05) is 50.1 Å². The lowest BCUT2D eigenvalue weighted by atomic mass is 10.1. The highest BCUT2D eigenvalue weighted by Crippen LogP contribution is 2.15. The molecule has 2 aromatic carbocycles.